The van der Waals surface area contributed by atoms with Gasteiger partial charge in [-0.15, -0.1) is 0 Å². The molecule has 0 aliphatic heterocycles. The van der Waals surface area contributed by atoms with Crippen LogP contribution >= 0.6 is 0 Å². The minimum Gasteiger partial charge on any atom is -0.330 e. The summed E-state index contributed by atoms with van der Waals surface area (Å²) in [7, 11) is 0. The fourth-order valence-corrected chi connectivity index (χ4v) is 1.76. The van der Waals surface area contributed by atoms with Crippen LogP contribution in [0.25, 0.3) is 10.9 Å². The van der Waals surface area contributed by atoms with E-state index in [1.165, 1.54) is 12.1 Å². The van der Waals surface area contributed by atoms with E-state index in [4.69, 9.17) is 5.73 Å². The van der Waals surface area contributed by atoms with E-state index < -0.39 is 18.6 Å². The van der Waals surface area contributed by atoms with Gasteiger partial charge in [-0.2, -0.15) is 13.2 Å². The molecule has 0 aliphatic rings. The zero-order valence-electron chi connectivity index (χ0n) is 8.91. The van der Waals surface area contributed by atoms with Crippen molar-refractivity contribution in [3.05, 3.63) is 42.1 Å². The van der Waals surface area contributed by atoms with Gasteiger partial charge in [0.2, 0.25) is 0 Å². The van der Waals surface area contributed by atoms with Crippen LogP contribution in [0.1, 0.15) is 11.5 Å². The maximum atomic E-state index is 12.7. The number of hydrogen-bond acceptors (Lipinski definition) is 2. The third kappa shape index (κ3) is 2.39. The second-order valence-electron chi connectivity index (χ2n) is 3.79. The first-order chi connectivity index (χ1) is 8.02. The summed E-state index contributed by atoms with van der Waals surface area (Å²) in [6, 6.07) is 8.07. The average Bonchev–Trinajstić information content (AvgIpc) is 2.28. The van der Waals surface area contributed by atoms with Gasteiger partial charge < -0.3 is 5.73 Å². The molecule has 2 N–H and O–H groups in total. The average molecular weight is 240 g/mol. The molecule has 0 fully saturated rings. The lowest BCUT2D eigenvalue weighted by molar-refractivity contribution is -0.148. The SMILES string of the molecule is NCC(c1ccc2cccnc2c1)C(F)(F)F. The lowest BCUT2D eigenvalue weighted by Crippen LogP contribution is -2.27. The highest BCUT2D eigenvalue weighted by atomic mass is 19.4. The highest BCUT2D eigenvalue weighted by Gasteiger charge is 2.39. The van der Waals surface area contributed by atoms with Gasteiger partial charge in [-0.25, -0.2) is 0 Å². The summed E-state index contributed by atoms with van der Waals surface area (Å²) in [5.41, 5.74) is 5.90. The van der Waals surface area contributed by atoms with Crippen LogP contribution in [0, 0.1) is 0 Å². The van der Waals surface area contributed by atoms with Gasteiger partial charge in [0.05, 0.1) is 11.4 Å². The normalized spacial score (nSPS) is 13.9. The standard InChI is InChI=1S/C12H11F3N2/c13-12(14,15)10(7-16)9-4-3-8-2-1-5-17-11(8)6-9/h1-6,10H,7,16H2. The number of pyridine rings is 1. The van der Waals surface area contributed by atoms with E-state index in [0.29, 0.717) is 5.52 Å². The van der Waals surface area contributed by atoms with E-state index in [9.17, 15) is 13.2 Å². The summed E-state index contributed by atoms with van der Waals surface area (Å²) in [6.45, 7) is -0.457. The Morgan fingerprint density at radius 2 is 2.00 bits per heavy atom. The van der Waals surface area contributed by atoms with Gasteiger partial charge in [-0.3, -0.25) is 4.98 Å². The van der Waals surface area contributed by atoms with Crippen molar-refractivity contribution in [1.82, 2.24) is 4.98 Å². The largest absolute Gasteiger partial charge is 0.396 e. The number of halogens is 3. The molecule has 0 bridgehead atoms. The monoisotopic (exact) mass is 240 g/mol. The molecule has 2 aromatic rings. The van der Waals surface area contributed by atoms with E-state index in [-0.39, 0.29) is 5.56 Å². The molecule has 1 aromatic heterocycles. The van der Waals surface area contributed by atoms with E-state index in [1.54, 1.807) is 24.4 Å². The molecule has 2 nitrogen and oxygen atoms in total. The molecule has 0 aliphatic carbocycles. The maximum Gasteiger partial charge on any atom is 0.396 e. The van der Waals surface area contributed by atoms with Gasteiger partial charge in [0.25, 0.3) is 0 Å². The van der Waals surface area contributed by atoms with Crippen molar-refractivity contribution < 1.29 is 13.2 Å². The first-order valence-electron chi connectivity index (χ1n) is 5.14. The summed E-state index contributed by atoms with van der Waals surface area (Å²) in [6.07, 6.45) is -2.77. The summed E-state index contributed by atoms with van der Waals surface area (Å²) >= 11 is 0. The predicted molar refractivity (Wildman–Crippen MR) is 59.6 cm³/mol. The number of hydrogen-bond donors (Lipinski definition) is 1. The Bertz CT molecular complexity index is 522. The van der Waals surface area contributed by atoms with Crippen LogP contribution in [-0.4, -0.2) is 17.7 Å². The van der Waals surface area contributed by atoms with Crippen LogP contribution in [0.15, 0.2) is 36.5 Å². The van der Waals surface area contributed by atoms with Crippen LogP contribution < -0.4 is 5.73 Å². The van der Waals surface area contributed by atoms with Crippen molar-refractivity contribution in [3.8, 4) is 0 Å². The lowest BCUT2D eigenvalue weighted by atomic mass is 9.97. The Balaban J connectivity index is 2.48. The van der Waals surface area contributed by atoms with Gasteiger partial charge in [0.15, 0.2) is 0 Å². The van der Waals surface area contributed by atoms with E-state index in [0.717, 1.165) is 5.39 Å². The number of nitrogens with two attached hydrogens (primary N) is 1. The molecule has 0 amide bonds. The Labute approximate surface area is 96.3 Å². The molecule has 1 unspecified atom stereocenters. The van der Waals surface area contributed by atoms with Gasteiger partial charge in [-0.1, -0.05) is 18.2 Å². The van der Waals surface area contributed by atoms with Crippen LogP contribution in [0.5, 0.6) is 0 Å². The first kappa shape index (κ1) is 11.9. The number of fused-ring (bicyclic) bond motifs is 1. The topological polar surface area (TPSA) is 38.9 Å². The minimum atomic E-state index is -4.32. The maximum absolute atomic E-state index is 12.7. The molecule has 0 saturated carbocycles. The smallest absolute Gasteiger partial charge is 0.330 e. The lowest BCUT2D eigenvalue weighted by Gasteiger charge is -2.18. The van der Waals surface area contributed by atoms with E-state index >= 15 is 0 Å². The van der Waals surface area contributed by atoms with Crippen molar-refractivity contribution in [1.29, 1.82) is 0 Å². The third-order valence-electron chi connectivity index (χ3n) is 2.66. The Morgan fingerprint density at radius 1 is 1.24 bits per heavy atom. The Morgan fingerprint density at radius 3 is 2.65 bits per heavy atom. The van der Waals surface area contributed by atoms with Crippen molar-refractivity contribution in [2.75, 3.05) is 6.54 Å². The highest BCUT2D eigenvalue weighted by Crippen LogP contribution is 2.34. The highest BCUT2D eigenvalue weighted by molar-refractivity contribution is 5.79. The van der Waals surface area contributed by atoms with Crippen LogP contribution in [0.3, 0.4) is 0 Å². The number of benzene rings is 1. The molecule has 1 atom stereocenters. The minimum absolute atomic E-state index is 0.159. The molecule has 0 spiro atoms. The van der Waals surface area contributed by atoms with Crippen LogP contribution in [0.2, 0.25) is 0 Å². The fraction of sp³-hybridized carbons (Fsp3) is 0.250. The fourth-order valence-electron chi connectivity index (χ4n) is 1.76. The summed E-state index contributed by atoms with van der Waals surface area (Å²) < 4.78 is 38.1. The second kappa shape index (κ2) is 4.33. The molecule has 2 rings (SSSR count). The third-order valence-corrected chi connectivity index (χ3v) is 2.66. The zero-order chi connectivity index (χ0) is 12.5. The number of aromatic nitrogens is 1. The molecule has 1 aromatic carbocycles. The first-order valence-corrected chi connectivity index (χ1v) is 5.14. The molecule has 0 saturated heterocycles. The van der Waals surface area contributed by atoms with Crippen LogP contribution in [0.4, 0.5) is 13.2 Å². The van der Waals surface area contributed by atoms with Gasteiger partial charge in [-0.05, 0) is 17.7 Å². The second-order valence-corrected chi connectivity index (χ2v) is 3.79. The Kier molecular flexibility index (Phi) is 3.02. The number of rotatable bonds is 2. The summed E-state index contributed by atoms with van der Waals surface area (Å²) in [5, 5.41) is 0.814. The molecular formula is C12H11F3N2. The van der Waals surface area contributed by atoms with Crippen molar-refractivity contribution in [3.63, 3.8) is 0 Å². The molecular weight excluding hydrogens is 229 g/mol. The molecule has 1 heterocycles. The summed E-state index contributed by atoms with van der Waals surface area (Å²) in [4.78, 5) is 4.03. The quantitative estimate of drug-likeness (QED) is 0.876. The van der Waals surface area contributed by atoms with E-state index in [2.05, 4.69) is 4.98 Å². The zero-order valence-corrected chi connectivity index (χ0v) is 8.91. The molecule has 5 heteroatoms. The Hall–Kier alpha value is -1.62. The van der Waals surface area contributed by atoms with Gasteiger partial charge >= 0.3 is 6.18 Å². The van der Waals surface area contributed by atoms with Gasteiger partial charge in [0.1, 0.15) is 0 Å². The molecule has 90 valence electrons. The van der Waals surface area contributed by atoms with Crippen molar-refractivity contribution in [2.24, 2.45) is 5.73 Å². The predicted octanol–water partition coefficient (Wildman–Crippen LogP) is 2.84. The summed E-state index contributed by atoms with van der Waals surface area (Å²) in [5.74, 6) is -1.63. The molecule has 17 heavy (non-hydrogen) atoms. The number of alkyl halides is 3. The molecule has 0 radical (unpaired) electrons. The number of nitrogens with zero attached hydrogens (tertiary/aromatic N) is 1. The van der Waals surface area contributed by atoms with Crippen LogP contribution in [-0.2, 0) is 0 Å². The van der Waals surface area contributed by atoms with E-state index in [1.807, 2.05) is 0 Å². The van der Waals surface area contributed by atoms with Crippen molar-refractivity contribution >= 4 is 10.9 Å². The van der Waals surface area contributed by atoms with Gasteiger partial charge in [0, 0.05) is 18.1 Å². The van der Waals surface area contributed by atoms with Crippen molar-refractivity contribution in [2.45, 2.75) is 12.1 Å².